The molecule has 0 spiro atoms. The lowest BCUT2D eigenvalue weighted by molar-refractivity contribution is -0.122. The Kier molecular flexibility index (Phi) is 8.60. The van der Waals surface area contributed by atoms with E-state index in [9.17, 15) is 18.0 Å². The van der Waals surface area contributed by atoms with Gasteiger partial charge in [0.05, 0.1) is 24.2 Å². The molecule has 0 saturated carbocycles. The number of carbonyl (C=O) groups is 1. The van der Waals surface area contributed by atoms with Crippen molar-refractivity contribution in [1.29, 1.82) is 0 Å². The second-order valence-corrected chi connectivity index (χ2v) is 10.3. The Morgan fingerprint density at radius 2 is 1.94 bits per heavy atom. The van der Waals surface area contributed by atoms with Crippen LogP contribution in [0.3, 0.4) is 0 Å². The second kappa shape index (κ2) is 11.2. The molecule has 11 heteroatoms. The maximum Gasteiger partial charge on any atom is 0.251 e. The summed E-state index contributed by atoms with van der Waals surface area (Å²) < 4.78 is 33.4. The highest BCUT2D eigenvalue weighted by Crippen LogP contribution is 2.25. The molecule has 2 aromatic heterocycles. The van der Waals surface area contributed by atoms with Crippen LogP contribution in [0, 0.1) is 0 Å². The van der Waals surface area contributed by atoms with Gasteiger partial charge in [0.2, 0.25) is 15.9 Å². The molecule has 2 aromatic rings. The van der Waals surface area contributed by atoms with Gasteiger partial charge in [-0.15, -0.1) is 11.3 Å². The molecule has 1 saturated heterocycles. The average molecular weight is 483 g/mol. The molecule has 3 heterocycles. The fourth-order valence-electron chi connectivity index (χ4n) is 3.70. The van der Waals surface area contributed by atoms with Crippen LogP contribution < -0.4 is 10.9 Å². The van der Waals surface area contributed by atoms with Crippen molar-refractivity contribution < 1.29 is 17.9 Å². The number of amides is 1. The zero-order chi connectivity index (χ0) is 23.1. The minimum Gasteiger partial charge on any atom is -0.379 e. The third-order valence-electron chi connectivity index (χ3n) is 5.46. The van der Waals surface area contributed by atoms with E-state index in [2.05, 4.69) is 10.2 Å². The van der Waals surface area contributed by atoms with E-state index < -0.39 is 15.6 Å². The molecule has 1 unspecified atom stereocenters. The quantitative estimate of drug-likeness (QED) is 0.545. The molecule has 0 aromatic carbocycles. The van der Waals surface area contributed by atoms with E-state index in [1.807, 2.05) is 17.5 Å². The van der Waals surface area contributed by atoms with Crippen LogP contribution in [-0.2, 0) is 26.1 Å². The van der Waals surface area contributed by atoms with E-state index in [0.717, 1.165) is 22.5 Å². The summed E-state index contributed by atoms with van der Waals surface area (Å²) in [6, 6.07) is 6.52. The third kappa shape index (κ3) is 5.84. The highest BCUT2D eigenvalue weighted by atomic mass is 32.2. The number of sulfonamides is 1. The van der Waals surface area contributed by atoms with Crippen LogP contribution in [0.15, 0.2) is 45.5 Å². The summed E-state index contributed by atoms with van der Waals surface area (Å²) in [4.78, 5) is 28.4. The average Bonchev–Trinajstić information content (AvgIpc) is 3.31. The van der Waals surface area contributed by atoms with Gasteiger partial charge in [-0.2, -0.15) is 4.31 Å². The zero-order valence-corrected chi connectivity index (χ0v) is 20.0. The van der Waals surface area contributed by atoms with Crippen LogP contribution in [0.4, 0.5) is 0 Å². The number of pyridine rings is 1. The zero-order valence-electron chi connectivity index (χ0n) is 18.4. The number of nitrogens with one attached hydrogen (secondary N) is 1. The van der Waals surface area contributed by atoms with Gasteiger partial charge < -0.3 is 14.6 Å². The molecule has 3 rings (SSSR count). The van der Waals surface area contributed by atoms with Crippen molar-refractivity contribution in [3.8, 4) is 0 Å². The molecule has 9 nitrogen and oxygen atoms in total. The molecular weight excluding hydrogens is 452 g/mol. The van der Waals surface area contributed by atoms with Gasteiger partial charge in [-0.25, -0.2) is 8.42 Å². The molecule has 1 aliphatic heterocycles. The monoisotopic (exact) mass is 482 g/mol. The summed E-state index contributed by atoms with van der Waals surface area (Å²) in [6.45, 7) is 7.16. The summed E-state index contributed by atoms with van der Waals surface area (Å²) in [5.41, 5.74) is -0.429. The fourth-order valence-corrected chi connectivity index (χ4v) is 6.04. The summed E-state index contributed by atoms with van der Waals surface area (Å²) in [6.07, 6.45) is 1.24. The number of nitrogens with zero attached hydrogens (tertiary/aromatic N) is 3. The summed E-state index contributed by atoms with van der Waals surface area (Å²) in [5.74, 6) is -0.348. The minimum absolute atomic E-state index is 0.00150. The fraction of sp³-hybridized carbons (Fsp3) is 0.524. The van der Waals surface area contributed by atoms with Crippen molar-refractivity contribution in [2.75, 3.05) is 45.9 Å². The van der Waals surface area contributed by atoms with E-state index in [1.165, 1.54) is 22.6 Å². The molecule has 32 heavy (non-hydrogen) atoms. The van der Waals surface area contributed by atoms with Crippen molar-refractivity contribution in [2.45, 2.75) is 31.3 Å². The second-order valence-electron chi connectivity index (χ2n) is 7.40. The molecule has 1 aliphatic rings. The predicted molar refractivity (Wildman–Crippen MR) is 123 cm³/mol. The van der Waals surface area contributed by atoms with E-state index >= 15 is 0 Å². The van der Waals surface area contributed by atoms with Crippen LogP contribution in [0.2, 0.25) is 0 Å². The van der Waals surface area contributed by atoms with Crippen molar-refractivity contribution in [2.24, 2.45) is 0 Å². The first kappa shape index (κ1) is 24.6. The highest BCUT2D eigenvalue weighted by Gasteiger charge is 2.25. The lowest BCUT2D eigenvalue weighted by atomic mass is 10.2. The topological polar surface area (TPSA) is 101 Å². The van der Waals surface area contributed by atoms with Gasteiger partial charge in [0, 0.05) is 49.9 Å². The van der Waals surface area contributed by atoms with Gasteiger partial charge in [0.1, 0.15) is 6.54 Å². The maximum atomic E-state index is 12.8. The van der Waals surface area contributed by atoms with Gasteiger partial charge in [0.15, 0.2) is 0 Å². The number of rotatable bonds is 10. The Morgan fingerprint density at radius 3 is 2.56 bits per heavy atom. The van der Waals surface area contributed by atoms with Crippen LogP contribution >= 0.6 is 11.3 Å². The number of aromatic nitrogens is 1. The lowest BCUT2D eigenvalue weighted by Gasteiger charge is -2.34. The summed E-state index contributed by atoms with van der Waals surface area (Å²) in [7, 11) is -3.72. The first-order valence-corrected chi connectivity index (χ1v) is 13.0. The van der Waals surface area contributed by atoms with Crippen molar-refractivity contribution in [1.82, 2.24) is 19.1 Å². The normalized spacial score (nSPS) is 16.2. The van der Waals surface area contributed by atoms with Gasteiger partial charge in [-0.3, -0.25) is 14.5 Å². The molecule has 1 atom stereocenters. The summed E-state index contributed by atoms with van der Waals surface area (Å²) >= 11 is 1.63. The first-order valence-electron chi connectivity index (χ1n) is 10.7. The van der Waals surface area contributed by atoms with Crippen molar-refractivity contribution in [3.05, 3.63) is 51.1 Å². The molecule has 1 amide bonds. The van der Waals surface area contributed by atoms with Crippen LogP contribution in [-0.4, -0.2) is 74.0 Å². The number of ether oxygens (including phenoxy) is 1. The molecule has 0 aliphatic carbocycles. The maximum absolute atomic E-state index is 12.8. The van der Waals surface area contributed by atoms with Crippen LogP contribution in [0.1, 0.15) is 24.8 Å². The summed E-state index contributed by atoms with van der Waals surface area (Å²) in [5, 5.41) is 4.92. The number of hydrogen-bond acceptors (Lipinski definition) is 7. The van der Waals surface area contributed by atoms with Gasteiger partial charge in [-0.05, 0) is 17.5 Å². The molecular formula is C21H30N4O5S2. The van der Waals surface area contributed by atoms with E-state index in [4.69, 9.17) is 4.74 Å². The molecule has 0 radical (unpaired) electrons. The predicted octanol–water partition coefficient (Wildman–Crippen LogP) is 1.13. The van der Waals surface area contributed by atoms with Gasteiger partial charge >= 0.3 is 0 Å². The van der Waals surface area contributed by atoms with E-state index in [1.54, 1.807) is 25.2 Å². The highest BCUT2D eigenvalue weighted by molar-refractivity contribution is 7.89. The molecule has 176 valence electrons. The van der Waals surface area contributed by atoms with Gasteiger partial charge in [-0.1, -0.05) is 19.9 Å². The Morgan fingerprint density at radius 1 is 1.22 bits per heavy atom. The molecule has 0 bridgehead atoms. The largest absolute Gasteiger partial charge is 0.379 e. The van der Waals surface area contributed by atoms with Crippen LogP contribution in [0.5, 0.6) is 0 Å². The standard InChI is InChI=1S/C21H30N4O5S2/c1-3-25(4-2)32(28,29)17-7-8-21(27)24(15-17)16-20(26)22-14-18(19-6-5-13-31-19)23-9-11-30-12-10-23/h5-8,13,15,18H,3-4,9-12,14,16H2,1-2H3,(H,22,26). The Bertz CT molecular complexity index is 1040. The molecule has 1 fully saturated rings. The lowest BCUT2D eigenvalue weighted by Crippen LogP contribution is -2.44. The number of carbonyl (C=O) groups excluding carboxylic acids is 1. The smallest absolute Gasteiger partial charge is 0.251 e. The number of hydrogen-bond donors (Lipinski definition) is 1. The minimum atomic E-state index is -3.72. The van der Waals surface area contributed by atoms with Crippen LogP contribution in [0.25, 0.3) is 0 Å². The van der Waals surface area contributed by atoms with Crippen molar-refractivity contribution in [3.63, 3.8) is 0 Å². The van der Waals surface area contributed by atoms with E-state index in [-0.39, 0.29) is 23.4 Å². The Balaban J connectivity index is 1.70. The van der Waals surface area contributed by atoms with Crippen molar-refractivity contribution >= 4 is 27.3 Å². The SMILES string of the molecule is CCN(CC)S(=O)(=O)c1ccc(=O)n(CC(=O)NCC(c2cccs2)N2CCOCC2)c1. The third-order valence-corrected chi connectivity index (χ3v) is 8.47. The van der Waals surface area contributed by atoms with Gasteiger partial charge in [0.25, 0.3) is 5.56 Å². The Labute approximate surface area is 192 Å². The van der Waals surface area contributed by atoms with E-state index in [0.29, 0.717) is 32.8 Å². The number of morpholine rings is 1. The Hall–Kier alpha value is -2.05. The number of thiophene rings is 1. The first-order chi connectivity index (χ1) is 15.4. The molecule has 1 N–H and O–H groups in total.